The van der Waals surface area contributed by atoms with E-state index in [0.29, 0.717) is 12.1 Å². The van der Waals surface area contributed by atoms with Gasteiger partial charge in [-0.3, -0.25) is 0 Å². The van der Waals surface area contributed by atoms with Crippen LogP contribution in [0.2, 0.25) is 0 Å². The minimum Gasteiger partial charge on any atom is -0.496 e. The maximum Gasteiger partial charge on any atom is 0.122 e. The fourth-order valence-electron chi connectivity index (χ4n) is 2.29. The zero-order chi connectivity index (χ0) is 15.0. The number of halogens is 1. The van der Waals surface area contributed by atoms with Gasteiger partial charge in [-0.15, -0.1) is 0 Å². The number of nitrogens with one attached hydrogen (secondary N) is 1. The summed E-state index contributed by atoms with van der Waals surface area (Å²) in [5, 5.41) is 3.55. The van der Waals surface area contributed by atoms with E-state index in [2.05, 4.69) is 41.2 Å². The third-order valence-corrected chi connectivity index (χ3v) is 4.02. The molecule has 0 aliphatic rings. The molecule has 3 nitrogen and oxygen atoms in total. The van der Waals surface area contributed by atoms with Gasteiger partial charge in [0, 0.05) is 17.6 Å². The molecule has 0 amide bonds. The molecule has 114 valence electrons. The zero-order valence-corrected chi connectivity index (χ0v) is 14.5. The Morgan fingerprint density at radius 2 is 2.00 bits per heavy atom. The van der Waals surface area contributed by atoms with Crippen molar-refractivity contribution in [3.05, 3.63) is 28.2 Å². The number of ether oxygens (including phenoxy) is 2. The van der Waals surface area contributed by atoms with Gasteiger partial charge in [0.25, 0.3) is 0 Å². The lowest BCUT2D eigenvalue weighted by atomic mass is 9.99. The molecule has 0 radical (unpaired) electrons. The molecule has 0 fully saturated rings. The van der Waals surface area contributed by atoms with Crippen molar-refractivity contribution >= 4 is 15.9 Å². The topological polar surface area (TPSA) is 30.5 Å². The van der Waals surface area contributed by atoms with Gasteiger partial charge >= 0.3 is 0 Å². The van der Waals surface area contributed by atoms with Gasteiger partial charge in [0.1, 0.15) is 5.75 Å². The Morgan fingerprint density at radius 3 is 2.60 bits per heavy atom. The minimum absolute atomic E-state index is 0.306. The van der Waals surface area contributed by atoms with Crippen molar-refractivity contribution in [3.63, 3.8) is 0 Å². The van der Waals surface area contributed by atoms with E-state index >= 15 is 0 Å². The van der Waals surface area contributed by atoms with Gasteiger partial charge < -0.3 is 14.8 Å². The van der Waals surface area contributed by atoms with Crippen LogP contribution in [0.15, 0.2) is 22.7 Å². The van der Waals surface area contributed by atoms with E-state index in [-0.39, 0.29) is 0 Å². The Labute approximate surface area is 131 Å². The van der Waals surface area contributed by atoms with E-state index in [1.54, 1.807) is 14.2 Å². The molecule has 1 N–H and O–H groups in total. The van der Waals surface area contributed by atoms with Crippen LogP contribution in [0.25, 0.3) is 0 Å². The quantitative estimate of drug-likeness (QED) is 0.739. The van der Waals surface area contributed by atoms with Crippen LogP contribution in [0.4, 0.5) is 0 Å². The molecule has 0 heterocycles. The highest BCUT2D eigenvalue weighted by molar-refractivity contribution is 9.10. The first-order valence-corrected chi connectivity index (χ1v) is 7.98. The highest BCUT2D eigenvalue weighted by Crippen LogP contribution is 2.25. The first-order valence-electron chi connectivity index (χ1n) is 7.19. The van der Waals surface area contributed by atoms with Crippen molar-refractivity contribution in [2.45, 2.75) is 45.3 Å². The van der Waals surface area contributed by atoms with Crippen molar-refractivity contribution in [1.82, 2.24) is 5.32 Å². The molecule has 0 spiro atoms. The predicted octanol–water partition coefficient (Wildman–Crippen LogP) is 3.79. The number of hydrogen-bond donors (Lipinski definition) is 1. The van der Waals surface area contributed by atoms with E-state index in [9.17, 15) is 0 Å². The SMILES string of the molecule is CCNC(CCC(C)OC)Cc1cc(Br)ccc1OC. The van der Waals surface area contributed by atoms with E-state index in [4.69, 9.17) is 9.47 Å². The highest BCUT2D eigenvalue weighted by Gasteiger charge is 2.13. The summed E-state index contributed by atoms with van der Waals surface area (Å²) in [7, 11) is 3.49. The molecule has 1 aromatic carbocycles. The van der Waals surface area contributed by atoms with E-state index in [0.717, 1.165) is 36.0 Å². The van der Waals surface area contributed by atoms with Crippen LogP contribution in [0.1, 0.15) is 32.3 Å². The molecule has 0 bridgehead atoms. The lowest BCUT2D eigenvalue weighted by Gasteiger charge is -2.21. The van der Waals surface area contributed by atoms with Gasteiger partial charge in [0.05, 0.1) is 13.2 Å². The molecule has 2 unspecified atom stereocenters. The van der Waals surface area contributed by atoms with Gasteiger partial charge in [-0.2, -0.15) is 0 Å². The van der Waals surface area contributed by atoms with Crippen molar-refractivity contribution < 1.29 is 9.47 Å². The number of hydrogen-bond acceptors (Lipinski definition) is 3. The fraction of sp³-hybridized carbons (Fsp3) is 0.625. The molecule has 1 rings (SSSR count). The first-order chi connectivity index (χ1) is 9.60. The number of rotatable bonds is 9. The van der Waals surface area contributed by atoms with E-state index in [1.165, 1.54) is 5.56 Å². The Morgan fingerprint density at radius 1 is 1.25 bits per heavy atom. The summed E-state index contributed by atoms with van der Waals surface area (Å²) in [6, 6.07) is 6.61. The molecular formula is C16H26BrNO2. The molecule has 0 aliphatic carbocycles. The van der Waals surface area contributed by atoms with Crippen molar-refractivity contribution in [2.75, 3.05) is 20.8 Å². The minimum atomic E-state index is 0.306. The summed E-state index contributed by atoms with van der Waals surface area (Å²) in [5.74, 6) is 0.955. The van der Waals surface area contributed by atoms with Crippen molar-refractivity contribution in [2.24, 2.45) is 0 Å². The van der Waals surface area contributed by atoms with Crippen LogP contribution in [0, 0.1) is 0 Å². The van der Waals surface area contributed by atoms with E-state index < -0.39 is 0 Å². The standard InChI is InChI=1S/C16H26BrNO2/c1-5-18-15(8-6-12(2)19-3)11-13-10-14(17)7-9-16(13)20-4/h7,9-10,12,15,18H,5-6,8,11H2,1-4H3. The van der Waals surface area contributed by atoms with Crippen molar-refractivity contribution in [1.29, 1.82) is 0 Å². The number of benzene rings is 1. The van der Waals surface area contributed by atoms with Gasteiger partial charge in [0.15, 0.2) is 0 Å². The smallest absolute Gasteiger partial charge is 0.122 e. The largest absolute Gasteiger partial charge is 0.496 e. The average molecular weight is 344 g/mol. The van der Waals surface area contributed by atoms with Crippen LogP contribution in [-0.2, 0) is 11.2 Å². The first kappa shape index (κ1) is 17.5. The third kappa shape index (κ3) is 5.81. The van der Waals surface area contributed by atoms with Crippen LogP contribution in [0.3, 0.4) is 0 Å². The summed E-state index contributed by atoms with van der Waals surface area (Å²) in [6.07, 6.45) is 3.43. The third-order valence-electron chi connectivity index (χ3n) is 3.53. The van der Waals surface area contributed by atoms with Crippen LogP contribution >= 0.6 is 15.9 Å². The van der Waals surface area contributed by atoms with Crippen molar-refractivity contribution in [3.8, 4) is 5.75 Å². The molecule has 0 aliphatic heterocycles. The Bertz CT molecular complexity index is 398. The Hall–Kier alpha value is -0.580. The summed E-state index contributed by atoms with van der Waals surface area (Å²) in [4.78, 5) is 0. The van der Waals surface area contributed by atoms with Crippen LogP contribution in [-0.4, -0.2) is 32.9 Å². The lowest BCUT2D eigenvalue weighted by Crippen LogP contribution is -2.32. The van der Waals surface area contributed by atoms with Crippen LogP contribution < -0.4 is 10.1 Å². The molecular weight excluding hydrogens is 318 g/mol. The molecule has 1 aromatic rings. The van der Waals surface area contributed by atoms with Gasteiger partial charge in [-0.1, -0.05) is 22.9 Å². The van der Waals surface area contributed by atoms with E-state index in [1.807, 2.05) is 12.1 Å². The average Bonchev–Trinajstić information content (AvgIpc) is 2.45. The zero-order valence-electron chi connectivity index (χ0n) is 12.9. The van der Waals surface area contributed by atoms with Gasteiger partial charge in [-0.05, 0) is 56.5 Å². The highest BCUT2D eigenvalue weighted by atomic mass is 79.9. The number of methoxy groups -OCH3 is 2. The number of likely N-dealkylation sites (N-methyl/N-ethyl adjacent to an activating group) is 1. The summed E-state index contributed by atoms with van der Waals surface area (Å²) in [5.41, 5.74) is 1.23. The molecule has 4 heteroatoms. The normalized spacial score (nSPS) is 14.1. The Balaban J connectivity index is 2.71. The summed E-state index contributed by atoms with van der Waals surface area (Å²) >= 11 is 3.53. The monoisotopic (exact) mass is 343 g/mol. The lowest BCUT2D eigenvalue weighted by molar-refractivity contribution is 0.106. The summed E-state index contributed by atoms with van der Waals surface area (Å²) < 4.78 is 11.9. The molecule has 0 saturated carbocycles. The van der Waals surface area contributed by atoms with Gasteiger partial charge in [0.2, 0.25) is 0 Å². The summed E-state index contributed by atoms with van der Waals surface area (Å²) in [6.45, 7) is 5.23. The molecule has 0 saturated heterocycles. The predicted molar refractivity (Wildman–Crippen MR) is 87.6 cm³/mol. The second-order valence-corrected chi connectivity index (χ2v) is 5.95. The molecule has 20 heavy (non-hydrogen) atoms. The molecule has 0 aromatic heterocycles. The Kier molecular flexibility index (Phi) is 8.19. The maximum absolute atomic E-state index is 5.45. The van der Waals surface area contributed by atoms with Crippen LogP contribution in [0.5, 0.6) is 5.75 Å². The second kappa shape index (κ2) is 9.37. The van der Waals surface area contributed by atoms with Gasteiger partial charge in [-0.25, -0.2) is 0 Å². The maximum atomic E-state index is 5.45. The second-order valence-electron chi connectivity index (χ2n) is 5.04. The fourth-order valence-corrected chi connectivity index (χ4v) is 2.70. The molecule has 2 atom stereocenters.